The Labute approximate surface area is 131 Å². The third-order valence-corrected chi connectivity index (χ3v) is 4.89. The summed E-state index contributed by atoms with van der Waals surface area (Å²) >= 11 is 0. The van der Waals surface area contributed by atoms with E-state index in [-0.39, 0.29) is 5.54 Å². The van der Waals surface area contributed by atoms with Gasteiger partial charge in [-0.3, -0.25) is 4.90 Å². The van der Waals surface area contributed by atoms with E-state index in [9.17, 15) is 0 Å². The molecule has 0 amide bonds. The molecule has 120 valence electrons. The number of nitrogens with zero attached hydrogens (tertiary/aromatic N) is 1. The SMILES string of the molecule is CCNC(c1cc(C)c(C)cc1C)C(C)(C)N(CC)CC. The lowest BCUT2D eigenvalue weighted by Gasteiger charge is -2.44. The Morgan fingerprint density at radius 3 is 1.95 bits per heavy atom. The van der Waals surface area contributed by atoms with Crippen LogP contribution in [0.4, 0.5) is 0 Å². The molecular weight excluding hydrogens is 256 g/mol. The van der Waals surface area contributed by atoms with E-state index in [1.54, 1.807) is 0 Å². The van der Waals surface area contributed by atoms with Gasteiger partial charge in [-0.2, -0.15) is 0 Å². The monoisotopic (exact) mass is 290 g/mol. The average Bonchev–Trinajstić information content (AvgIpc) is 2.41. The Kier molecular flexibility index (Phi) is 6.42. The number of aryl methyl sites for hydroxylation is 3. The molecule has 1 atom stereocenters. The van der Waals surface area contributed by atoms with Crippen molar-refractivity contribution in [2.24, 2.45) is 0 Å². The highest BCUT2D eigenvalue weighted by Crippen LogP contribution is 2.33. The van der Waals surface area contributed by atoms with Crippen molar-refractivity contribution < 1.29 is 0 Å². The molecule has 0 saturated carbocycles. The quantitative estimate of drug-likeness (QED) is 0.801. The molecule has 2 nitrogen and oxygen atoms in total. The predicted molar refractivity (Wildman–Crippen MR) is 94.1 cm³/mol. The Hall–Kier alpha value is -0.860. The summed E-state index contributed by atoms with van der Waals surface area (Å²) in [5.74, 6) is 0. The van der Waals surface area contributed by atoms with Crippen LogP contribution in [-0.4, -0.2) is 30.1 Å². The van der Waals surface area contributed by atoms with Gasteiger partial charge in [-0.05, 0) is 76.5 Å². The maximum absolute atomic E-state index is 3.73. The van der Waals surface area contributed by atoms with Crippen molar-refractivity contribution in [2.45, 2.75) is 67.0 Å². The molecule has 1 aromatic carbocycles. The topological polar surface area (TPSA) is 15.3 Å². The van der Waals surface area contributed by atoms with Crippen molar-refractivity contribution in [2.75, 3.05) is 19.6 Å². The van der Waals surface area contributed by atoms with Crippen LogP contribution in [0.3, 0.4) is 0 Å². The average molecular weight is 290 g/mol. The predicted octanol–water partition coefficient (Wildman–Crippen LogP) is 4.38. The molecule has 0 radical (unpaired) electrons. The molecule has 1 N–H and O–H groups in total. The highest BCUT2D eigenvalue weighted by Gasteiger charge is 2.35. The zero-order valence-corrected chi connectivity index (χ0v) is 15.3. The number of likely N-dealkylation sites (N-methyl/N-ethyl adjacent to an activating group) is 2. The highest BCUT2D eigenvalue weighted by molar-refractivity contribution is 5.39. The van der Waals surface area contributed by atoms with Gasteiger partial charge in [-0.1, -0.05) is 32.9 Å². The summed E-state index contributed by atoms with van der Waals surface area (Å²) in [6.45, 7) is 21.2. The fraction of sp³-hybridized carbons (Fsp3) is 0.684. The molecule has 21 heavy (non-hydrogen) atoms. The molecule has 1 rings (SSSR count). The van der Waals surface area contributed by atoms with Crippen molar-refractivity contribution >= 4 is 0 Å². The van der Waals surface area contributed by atoms with Crippen LogP contribution in [0, 0.1) is 20.8 Å². The van der Waals surface area contributed by atoms with Gasteiger partial charge >= 0.3 is 0 Å². The first-order chi connectivity index (χ1) is 9.79. The fourth-order valence-electron chi connectivity index (χ4n) is 3.46. The summed E-state index contributed by atoms with van der Waals surface area (Å²) in [4.78, 5) is 2.55. The summed E-state index contributed by atoms with van der Waals surface area (Å²) in [5.41, 5.74) is 5.69. The van der Waals surface area contributed by atoms with Crippen LogP contribution in [0.5, 0.6) is 0 Å². The molecule has 0 heterocycles. The first kappa shape index (κ1) is 18.2. The molecule has 0 saturated heterocycles. The molecule has 1 aromatic rings. The maximum Gasteiger partial charge on any atom is 0.0504 e. The van der Waals surface area contributed by atoms with Crippen LogP contribution in [0.2, 0.25) is 0 Å². The van der Waals surface area contributed by atoms with Crippen LogP contribution >= 0.6 is 0 Å². The number of rotatable bonds is 7. The number of hydrogen-bond acceptors (Lipinski definition) is 2. The molecule has 0 spiro atoms. The van der Waals surface area contributed by atoms with Gasteiger partial charge in [-0.25, -0.2) is 0 Å². The zero-order valence-electron chi connectivity index (χ0n) is 15.3. The second-order valence-electron chi connectivity index (χ2n) is 6.61. The maximum atomic E-state index is 3.73. The van der Waals surface area contributed by atoms with Crippen molar-refractivity contribution in [1.82, 2.24) is 10.2 Å². The van der Waals surface area contributed by atoms with E-state index in [1.165, 1.54) is 22.3 Å². The molecule has 0 aliphatic carbocycles. The van der Waals surface area contributed by atoms with Crippen LogP contribution in [0.1, 0.15) is 62.9 Å². The van der Waals surface area contributed by atoms with E-state index in [1.807, 2.05) is 0 Å². The van der Waals surface area contributed by atoms with Gasteiger partial charge in [0, 0.05) is 5.54 Å². The van der Waals surface area contributed by atoms with E-state index in [0.717, 1.165) is 19.6 Å². The minimum absolute atomic E-state index is 0.0893. The standard InChI is InChI=1S/C19H34N2/c1-9-20-18(19(7,8)21(10-2)11-3)17-13-15(5)14(4)12-16(17)6/h12-13,18,20H,9-11H2,1-8H3. The molecule has 1 unspecified atom stereocenters. The zero-order chi connectivity index (χ0) is 16.2. The smallest absolute Gasteiger partial charge is 0.0504 e. The van der Waals surface area contributed by atoms with E-state index >= 15 is 0 Å². The first-order valence-electron chi connectivity index (χ1n) is 8.35. The molecule has 0 bridgehead atoms. The molecule has 2 heteroatoms. The van der Waals surface area contributed by atoms with Crippen molar-refractivity contribution in [3.05, 3.63) is 34.4 Å². The summed E-state index contributed by atoms with van der Waals surface area (Å²) in [5, 5.41) is 3.73. The Balaban J connectivity index is 3.32. The van der Waals surface area contributed by atoms with Gasteiger partial charge in [0.05, 0.1) is 6.04 Å². The van der Waals surface area contributed by atoms with Crippen LogP contribution in [0.25, 0.3) is 0 Å². The summed E-state index contributed by atoms with van der Waals surface area (Å²) < 4.78 is 0. The van der Waals surface area contributed by atoms with Crippen molar-refractivity contribution in [1.29, 1.82) is 0 Å². The van der Waals surface area contributed by atoms with Gasteiger partial charge in [0.25, 0.3) is 0 Å². The van der Waals surface area contributed by atoms with Gasteiger partial charge in [-0.15, -0.1) is 0 Å². The first-order valence-corrected chi connectivity index (χ1v) is 8.35. The van der Waals surface area contributed by atoms with Crippen molar-refractivity contribution in [3.63, 3.8) is 0 Å². The lowest BCUT2D eigenvalue weighted by atomic mass is 9.83. The minimum Gasteiger partial charge on any atom is -0.309 e. The van der Waals surface area contributed by atoms with E-state index in [2.05, 4.69) is 77.7 Å². The van der Waals surface area contributed by atoms with Crippen LogP contribution in [0.15, 0.2) is 12.1 Å². The molecule has 0 aromatic heterocycles. The number of hydrogen-bond donors (Lipinski definition) is 1. The molecule has 0 fully saturated rings. The number of benzene rings is 1. The van der Waals surface area contributed by atoms with E-state index in [0.29, 0.717) is 6.04 Å². The van der Waals surface area contributed by atoms with E-state index in [4.69, 9.17) is 0 Å². The van der Waals surface area contributed by atoms with Gasteiger partial charge in [0.1, 0.15) is 0 Å². The molecular formula is C19H34N2. The third kappa shape index (κ3) is 3.87. The summed E-state index contributed by atoms with van der Waals surface area (Å²) in [6.07, 6.45) is 0. The highest BCUT2D eigenvalue weighted by atomic mass is 15.2. The van der Waals surface area contributed by atoms with Gasteiger partial charge in [0.15, 0.2) is 0 Å². The van der Waals surface area contributed by atoms with Crippen LogP contribution < -0.4 is 5.32 Å². The number of nitrogens with one attached hydrogen (secondary N) is 1. The fourth-order valence-corrected chi connectivity index (χ4v) is 3.46. The summed E-state index contributed by atoms with van der Waals surface area (Å²) in [7, 11) is 0. The largest absolute Gasteiger partial charge is 0.309 e. The summed E-state index contributed by atoms with van der Waals surface area (Å²) in [6, 6.07) is 5.05. The van der Waals surface area contributed by atoms with Gasteiger partial charge < -0.3 is 5.32 Å². The van der Waals surface area contributed by atoms with Crippen molar-refractivity contribution in [3.8, 4) is 0 Å². The van der Waals surface area contributed by atoms with Gasteiger partial charge in [0.2, 0.25) is 0 Å². The molecule has 0 aliphatic heterocycles. The minimum atomic E-state index is 0.0893. The Bertz CT molecular complexity index is 459. The van der Waals surface area contributed by atoms with E-state index < -0.39 is 0 Å². The third-order valence-electron chi connectivity index (χ3n) is 4.89. The Morgan fingerprint density at radius 1 is 0.952 bits per heavy atom. The Morgan fingerprint density at radius 2 is 1.48 bits per heavy atom. The second-order valence-corrected chi connectivity index (χ2v) is 6.61. The lowest BCUT2D eigenvalue weighted by molar-refractivity contribution is 0.0916. The van der Waals surface area contributed by atoms with Crippen LogP contribution in [-0.2, 0) is 0 Å². The normalized spacial score (nSPS) is 13.8. The lowest BCUT2D eigenvalue weighted by Crippen LogP contribution is -2.52. The second kappa shape index (κ2) is 7.42. The molecule has 0 aliphatic rings.